The second-order valence-electron chi connectivity index (χ2n) is 5.76. The Balaban J connectivity index is 1.85. The molecule has 1 aliphatic carbocycles. The molecule has 3 N–H and O–H groups in total. The van der Waals surface area contributed by atoms with Crippen molar-refractivity contribution in [1.82, 2.24) is 10.6 Å². The van der Waals surface area contributed by atoms with E-state index < -0.39 is 0 Å². The molecule has 1 saturated carbocycles. The molecule has 2 fully saturated rings. The van der Waals surface area contributed by atoms with Crippen molar-refractivity contribution in [3.63, 3.8) is 0 Å². The first-order valence-corrected chi connectivity index (χ1v) is 7.44. The number of aliphatic hydroxyl groups is 1. The highest BCUT2D eigenvalue weighted by molar-refractivity contribution is 4.93. The Morgan fingerprint density at radius 2 is 2.17 bits per heavy atom. The first-order valence-electron chi connectivity index (χ1n) is 7.44. The van der Waals surface area contributed by atoms with Crippen LogP contribution in [0.5, 0.6) is 0 Å². The molecule has 4 unspecified atom stereocenters. The van der Waals surface area contributed by atoms with Crippen LogP contribution in [0.25, 0.3) is 0 Å². The van der Waals surface area contributed by atoms with Gasteiger partial charge in [-0.25, -0.2) is 0 Å². The summed E-state index contributed by atoms with van der Waals surface area (Å²) < 4.78 is 5.15. The summed E-state index contributed by atoms with van der Waals surface area (Å²) in [7, 11) is 1.69. The summed E-state index contributed by atoms with van der Waals surface area (Å²) in [5, 5.41) is 16.6. The second-order valence-corrected chi connectivity index (χ2v) is 5.76. The fraction of sp³-hybridized carbons (Fsp3) is 1.00. The van der Waals surface area contributed by atoms with E-state index >= 15 is 0 Å². The SMILES string of the molecule is COCC(CO)NC1CCCC1C1CCCCN1. The first kappa shape index (κ1) is 14.3. The van der Waals surface area contributed by atoms with E-state index in [1.165, 1.54) is 45.1 Å². The fourth-order valence-corrected chi connectivity index (χ4v) is 3.58. The maximum atomic E-state index is 9.36. The van der Waals surface area contributed by atoms with Crippen molar-refractivity contribution >= 4 is 0 Å². The van der Waals surface area contributed by atoms with Gasteiger partial charge in [0, 0.05) is 19.2 Å². The molecule has 1 aliphatic heterocycles. The van der Waals surface area contributed by atoms with Crippen LogP contribution in [0.3, 0.4) is 0 Å². The predicted octanol–water partition coefficient (Wildman–Crippen LogP) is 0.894. The van der Waals surface area contributed by atoms with E-state index in [9.17, 15) is 5.11 Å². The lowest BCUT2D eigenvalue weighted by Gasteiger charge is -2.34. The van der Waals surface area contributed by atoms with Gasteiger partial charge in [-0.05, 0) is 38.1 Å². The molecule has 106 valence electrons. The summed E-state index contributed by atoms with van der Waals surface area (Å²) in [6.07, 6.45) is 7.87. The molecule has 0 aromatic heterocycles. The summed E-state index contributed by atoms with van der Waals surface area (Å²) in [6, 6.07) is 1.32. The Kier molecular flexibility index (Phi) is 5.89. The molecule has 0 bridgehead atoms. The Labute approximate surface area is 110 Å². The fourth-order valence-electron chi connectivity index (χ4n) is 3.58. The molecule has 1 heterocycles. The molecular formula is C14H28N2O2. The number of rotatable bonds is 6. The minimum absolute atomic E-state index is 0.0872. The molecule has 4 heteroatoms. The van der Waals surface area contributed by atoms with Gasteiger partial charge in [0.1, 0.15) is 0 Å². The highest BCUT2D eigenvalue weighted by atomic mass is 16.5. The van der Waals surface area contributed by atoms with E-state index in [4.69, 9.17) is 4.74 Å². The lowest BCUT2D eigenvalue weighted by atomic mass is 9.88. The van der Waals surface area contributed by atoms with Crippen LogP contribution < -0.4 is 10.6 Å². The smallest absolute Gasteiger partial charge is 0.0638 e. The van der Waals surface area contributed by atoms with Crippen molar-refractivity contribution in [2.24, 2.45) is 5.92 Å². The zero-order valence-electron chi connectivity index (χ0n) is 11.5. The third-order valence-electron chi connectivity index (χ3n) is 4.47. The largest absolute Gasteiger partial charge is 0.395 e. The maximum Gasteiger partial charge on any atom is 0.0638 e. The van der Waals surface area contributed by atoms with E-state index in [1.54, 1.807) is 7.11 Å². The average Bonchev–Trinajstić information content (AvgIpc) is 2.87. The number of piperidine rings is 1. The van der Waals surface area contributed by atoms with Crippen molar-refractivity contribution in [2.45, 2.75) is 56.7 Å². The van der Waals surface area contributed by atoms with Crippen LogP contribution in [0.15, 0.2) is 0 Å². The number of methoxy groups -OCH3 is 1. The van der Waals surface area contributed by atoms with Crippen molar-refractivity contribution < 1.29 is 9.84 Å². The summed E-state index contributed by atoms with van der Waals surface area (Å²) in [6.45, 7) is 1.93. The summed E-state index contributed by atoms with van der Waals surface area (Å²) in [4.78, 5) is 0. The molecule has 2 aliphatic rings. The Hall–Kier alpha value is -0.160. The molecule has 0 radical (unpaired) electrons. The minimum Gasteiger partial charge on any atom is -0.395 e. The third-order valence-corrected chi connectivity index (χ3v) is 4.47. The van der Waals surface area contributed by atoms with Crippen LogP contribution >= 0.6 is 0 Å². The normalized spacial score (nSPS) is 34.7. The molecule has 2 rings (SSSR count). The standard InChI is InChI=1S/C14H28N2O2/c1-18-10-11(9-17)16-14-7-4-5-12(14)13-6-2-3-8-15-13/h11-17H,2-10H2,1H3. The monoisotopic (exact) mass is 256 g/mol. The van der Waals surface area contributed by atoms with Gasteiger partial charge in [0.25, 0.3) is 0 Å². The molecular weight excluding hydrogens is 228 g/mol. The van der Waals surface area contributed by atoms with E-state index in [-0.39, 0.29) is 12.6 Å². The maximum absolute atomic E-state index is 9.36. The second kappa shape index (κ2) is 7.43. The number of nitrogens with one attached hydrogen (secondary N) is 2. The highest BCUT2D eigenvalue weighted by Crippen LogP contribution is 2.31. The van der Waals surface area contributed by atoms with Crippen LogP contribution in [-0.2, 0) is 4.74 Å². The van der Waals surface area contributed by atoms with Crippen LogP contribution in [0.4, 0.5) is 0 Å². The number of aliphatic hydroxyl groups excluding tert-OH is 1. The average molecular weight is 256 g/mol. The van der Waals surface area contributed by atoms with Gasteiger partial charge in [0.2, 0.25) is 0 Å². The van der Waals surface area contributed by atoms with Crippen molar-refractivity contribution in [2.75, 3.05) is 26.9 Å². The van der Waals surface area contributed by atoms with Crippen molar-refractivity contribution in [3.8, 4) is 0 Å². The van der Waals surface area contributed by atoms with Gasteiger partial charge >= 0.3 is 0 Å². The topological polar surface area (TPSA) is 53.5 Å². The highest BCUT2D eigenvalue weighted by Gasteiger charge is 2.34. The summed E-state index contributed by atoms with van der Waals surface area (Å²) in [5.41, 5.74) is 0. The van der Waals surface area contributed by atoms with Gasteiger partial charge in [-0.3, -0.25) is 0 Å². The van der Waals surface area contributed by atoms with E-state index in [0.29, 0.717) is 18.7 Å². The summed E-state index contributed by atoms with van der Waals surface area (Å²) in [5.74, 6) is 0.733. The van der Waals surface area contributed by atoms with Gasteiger partial charge in [0.05, 0.1) is 19.3 Å². The van der Waals surface area contributed by atoms with E-state index in [2.05, 4.69) is 10.6 Å². The van der Waals surface area contributed by atoms with Crippen LogP contribution in [-0.4, -0.2) is 50.1 Å². The van der Waals surface area contributed by atoms with Crippen molar-refractivity contribution in [1.29, 1.82) is 0 Å². The van der Waals surface area contributed by atoms with Crippen LogP contribution in [0.1, 0.15) is 38.5 Å². The predicted molar refractivity (Wildman–Crippen MR) is 72.7 cm³/mol. The quantitative estimate of drug-likeness (QED) is 0.661. The lowest BCUT2D eigenvalue weighted by Crippen LogP contribution is -2.51. The van der Waals surface area contributed by atoms with Gasteiger partial charge in [-0.1, -0.05) is 12.8 Å². The minimum atomic E-state index is 0.0872. The molecule has 4 nitrogen and oxygen atoms in total. The van der Waals surface area contributed by atoms with Crippen LogP contribution in [0.2, 0.25) is 0 Å². The van der Waals surface area contributed by atoms with E-state index in [1.807, 2.05) is 0 Å². The molecule has 4 atom stereocenters. The number of hydrogen-bond acceptors (Lipinski definition) is 4. The molecule has 1 saturated heterocycles. The Morgan fingerprint density at radius 1 is 1.28 bits per heavy atom. The summed E-state index contributed by atoms with van der Waals surface area (Å²) >= 11 is 0. The molecule has 0 aromatic carbocycles. The first-order chi connectivity index (χ1) is 8.85. The Bertz CT molecular complexity index is 232. The van der Waals surface area contributed by atoms with Gasteiger partial charge in [-0.2, -0.15) is 0 Å². The lowest BCUT2D eigenvalue weighted by molar-refractivity contribution is 0.114. The zero-order valence-corrected chi connectivity index (χ0v) is 11.5. The number of ether oxygens (including phenoxy) is 1. The zero-order chi connectivity index (χ0) is 12.8. The molecule has 0 amide bonds. The van der Waals surface area contributed by atoms with Crippen LogP contribution in [0, 0.1) is 5.92 Å². The number of hydrogen-bond donors (Lipinski definition) is 3. The van der Waals surface area contributed by atoms with Gasteiger partial charge in [0.15, 0.2) is 0 Å². The van der Waals surface area contributed by atoms with Gasteiger partial charge < -0.3 is 20.5 Å². The van der Waals surface area contributed by atoms with Crippen molar-refractivity contribution in [3.05, 3.63) is 0 Å². The van der Waals surface area contributed by atoms with E-state index in [0.717, 1.165) is 5.92 Å². The molecule has 0 aromatic rings. The Morgan fingerprint density at radius 3 is 2.83 bits per heavy atom. The molecule has 0 spiro atoms. The van der Waals surface area contributed by atoms with Gasteiger partial charge in [-0.15, -0.1) is 0 Å². The third kappa shape index (κ3) is 3.67. The molecule has 18 heavy (non-hydrogen) atoms.